The number of ether oxygens (including phenoxy) is 1. The number of anilines is 1. The summed E-state index contributed by atoms with van der Waals surface area (Å²) in [5.41, 5.74) is 1.63. The fraction of sp³-hybridized carbons (Fsp3) is 0.350. The number of nitrogens with one attached hydrogen (secondary N) is 1. The zero-order valence-electron chi connectivity index (χ0n) is 15.9. The average molecular weight is 391 g/mol. The highest BCUT2D eigenvalue weighted by Gasteiger charge is 2.28. The van der Waals surface area contributed by atoms with Crippen molar-refractivity contribution < 1.29 is 17.9 Å². The van der Waals surface area contributed by atoms with Crippen molar-refractivity contribution in [3.05, 3.63) is 60.2 Å². The maximum absolute atomic E-state index is 12.5. The lowest BCUT2D eigenvalue weighted by Crippen LogP contribution is -2.48. The molecule has 2 aromatic carbocycles. The van der Waals surface area contributed by atoms with Gasteiger partial charge in [0.25, 0.3) is 0 Å². The third-order valence-electron chi connectivity index (χ3n) is 4.20. The number of sulfonamides is 1. The predicted molar refractivity (Wildman–Crippen MR) is 108 cm³/mol. The summed E-state index contributed by atoms with van der Waals surface area (Å²) < 4.78 is 30.7. The van der Waals surface area contributed by atoms with Gasteiger partial charge in [0, 0.05) is 6.54 Å². The monoisotopic (exact) mass is 390 g/mol. The van der Waals surface area contributed by atoms with Crippen LogP contribution in [0.2, 0.25) is 0 Å². The quantitative estimate of drug-likeness (QED) is 0.668. The minimum atomic E-state index is -3.62. The highest BCUT2D eigenvalue weighted by molar-refractivity contribution is 7.92. The molecule has 146 valence electrons. The second-order valence-corrected chi connectivity index (χ2v) is 8.17. The van der Waals surface area contributed by atoms with Crippen molar-refractivity contribution in [2.45, 2.75) is 25.8 Å². The Bertz CT molecular complexity index is 836. The highest BCUT2D eigenvalue weighted by Crippen LogP contribution is 2.23. The largest absolute Gasteiger partial charge is 0.497 e. The summed E-state index contributed by atoms with van der Waals surface area (Å²) in [6.07, 6.45) is 2.73. The van der Waals surface area contributed by atoms with Crippen LogP contribution >= 0.6 is 0 Å². The third-order valence-corrected chi connectivity index (χ3v) is 5.44. The molecule has 0 unspecified atom stereocenters. The standard InChI is InChI=1S/C20H26N2O4S/c1-16(20(23)21-15-7-10-17-8-5-4-6-9-17)22(27(3,24)25)18-11-13-19(26-2)14-12-18/h4-6,8-9,11-14,16H,7,10,15H2,1-3H3,(H,21,23)/t16-/m1/s1. The topological polar surface area (TPSA) is 75.7 Å². The Morgan fingerprint density at radius 3 is 2.30 bits per heavy atom. The Morgan fingerprint density at radius 2 is 1.74 bits per heavy atom. The van der Waals surface area contributed by atoms with Crippen molar-refractivity contribution in [3.8, 4) is 5.75 Å². The Labute approximate surface area is 161 Å². The van der Waals surface area contributed by atoms with Gasteiger partial charge in [-0.15, -0.1) is 0 Å². The van der Waals surface area contributed by atoms with Crippen LogP contribution in [0, 0.1) is 0 Å². The molecule has 0 aromatic heterocycles. The molecular formula is C20H26N2O4S. The van der Waals surface area contributed by atoms with Crippen LogP contribution in [0.5, 0.6) is 5.75 Å². The Morgan fingerprint density at radius 1 is 1.11 bits per heavy atom. The molecule has 27 heavy (non-hydrogen) atoms. The van der Waals surface area contributed by atoms with Crippen molar-refractivity contribution in [1.82, 2.24) is 5.32 Å². The van der Waals surface area contributed by atoms with Crippen LogP contribution < -0.4 is 14.4 Å². The van der Waals surface area contributed by atoms with E-state index in [1.807, 2.05) is 30.3 Å². The smallest absolute Gasteiger partial charge is 0.243 e. The molecule has 6 nitrogen and oxygen atoms in total. The molecule has 2 rings (SSSR count). The first kappa shape index (κ1) is 20.8. The van der Waals surface area contributed by atoms with E-state index in [1.165, 1.54) is 12.7 Å². The molecule has 0 spiro atoms. The summed E-state index contributed by atoms with van der Waals surface area (Å²) in [6.45, 7) is 2.07. The first-order valence-electron chi connectivity index (χ1n) is 8.78. The number of carbonyl (C=O) groups excluding carboxylic acids is 1. The van der Waals surface area contributed by atoms with Crippen molar-refractivity contribution in [3.63, 3.8) is 0 Å². The lowest BCUT2D eigenvalue weighted by molar-refractivity contribution is -0.121. The van der Waals surface area contributed by atoms with E-state index in [-0.39, 0.29) is 5.91 Å². The molecule has 0 saturated carbocycles. The van der Waals surface area contributed by atoms with Gasteiger partial charge in [-0.1, -0.05) is 30.3 Å². The molecule has 0 fully saturated rings. The number of nitrogens with zero attached hydrogens (tertiary/aromatic N) is 1. The molecule has 0 aliphatic carbocycles. The second kappa shape index (κ2) is 9.41. The van der Waals surface area contributed by atoms with E-state index >= 15 is 0 Å². The zero-order chi connectivity index (χ0) is 19.9. The maximum Gasteiger partial charge on any atom is 0.243 e. The summed E-state index contributed by atoms with van der Waals surface area (Å²) in [6, 6.07) is 15.7. The van der Waals surface area contributed by atoms with Crippen molar-refractivity contribution in [2.75, 3.05) is 24.2 Å². The normalized spacial score (nSPS) is 12.3. The number of carbonyl (C=O) groups is 1. The third kappa shape index (κ3) is 5.99. The van der Waals surface area contributed by atoms with E-state index in [1.54, 1.807) is 31.2 Å². The molecular weight excluding hydrogens is 364 g/mol. The molecule has 0 bridgehead atoms. The molecule has 1 N–H and O–H groups in total. The van der Waals surface area contributed by atoms with Crippen molar-refractivity contribution in [2.24, 2.45) is 0 Å². The zero-order valence-corrected chi connectivity index (χ0v) is 16.7. The van der Waals surface area contributed by atoms with Crippen LogP contribution in [0.3, 0.4) is 0 Å². The van der Waals surface area contributed by atoms with Crippen molar-refractivity contribution >= 4 is 21.6 Å². The van der Waals surface area contributed by atoms with Gasteiger partial charge >= 0.3 is 0 Å². The van der Waals surface area contributed by atoms with Gasteiger partial charge in [0.15, 0.2) is 0 Å². The van der Waals surface area contributed by atoms with E-state index in [0.29, 0.717) is 18.0 Å². The molecule has 0 radical (unpaired) electrons. The Hall–Kier alpha value is -2.54. The minimum absolute atomic E-state index is 0.329. The summed E-state index contributed by atoms with van der Waals surface area (Å²) in [7, 11) is -2.09. The van der Waals surface area contributed by atoms with Gasteiger partial charge in [0.2, 0.25) is 15.9 Å². The van der Waals surface area contributed by atoms with Gasteiger partial charge in [0.05, 0.1) is 19.1 Å². The van der Waals surface area contributed by atoms with Crippen LogP contribution in [0.1, 0.15) is 18.9 Å². The van der Waals surface area contributed by atoms with Crippen LogP contribution in [0.15, 0.2) is 54.6 Å². The number of hydrogen-bond donors (Lipinski definition) is 1. The summed E-state index contributed by atoms with van der Waals surface area (Å²) in [5, 5.41) is 2.83. The highest BCUT2D eigenvalue weighted by atomic mass is 32.2. The maximum atomic E-state index is 12.5. The fourth-order valence-electron chi connectivity index (χ4n) is 2.83. The van der Waals surface area contributed by atoms with Gasteiger partial charge in [-0.25, -0.2) is 8.42 Å². The average Bonchev–Trinajstić information content (AvgIpc) is 2.65. The van der Waals surface area contributed by atoms with E-state index in [9.17, 15) is 13.2 Å². The lowest BCUT2D eigenvalue weighted by atomic mass is 10.1. The number of methoxy groups -OCH3 is 1. The molecule has 2 aromatic rings. The SMILES string of the molecule is COc1ccc(N([C@H](C)C(=O)NCCCc2ccccc2)S(C)(=O)=O)cc1. The van der Waals surface area contributed by atoms with Crippen LogP contribution in [-0.2, 0) is 21.2 Å². The Kier molecular flexibility index (Phi) is 7.24. The van der Waals surface area contributed by atoms with Gasteiger partial charge in [-0.3, -0.25) is 9.10 Å². The number of benzene rings is 2. The number of amides is 1. The predicted octanol–water partition coefficient (Wildman–Crippen LogP) is 2.60. The lowest BCUT2D eigenvalue weighted by Gasteiger charge is -2.28. The summed E-state index contributed by atoms with van der Waals surface area (Å²) in [5.74, 6) is 0.287. The Balaban J connectivity index is 1.99. The molecule has 1 amide bonds. The second-order valence-electron chi connectivity index (χ2n) is 6.31. The molecule has 0 aliphatic heterocycles. The van der Waals surface area contributed by atoms with Gasteiger partial charge in [-0.2, -0.15) is 0 Å². The van der Waals surface area contributed by atoms with Crippen LogP contribution in [0.25, 0.3) is 0 Å². The van der Waals surface area contributed by atoms with Crippen LogP contribution in [0.4, 0.5) is 5.69 Å². The van der Waals surface area contributed by atoms with Gasteiger partial charge in [0.1, 0.15) is 11.8 Å². The summed E-state index contributed by atoms with van der Waals surface area (Å²) in [4.78, 5) is 12.5. The molecule has 0 saturated heterocycles. The van der Waals surface area contributed by atoms with E-state index in [4.69, 9.17) is 4.74 Å². The van der Waals surface area contributed by atoms with E-state index in [2.05, 4.69) is 5.32 Å². The van der Waals surface area contributed by atoms with E-state index in [0.717, 1.165) is 23.4 Å². The molecule has 0 heterocycles. The first-order chi connectivity index (χ1) is 12.8. The van der Waals surface area contributed by atoms with Gasteiger partial charge < -0.3 is 10.1 Å². The van der Waals surface area contributed by atoms with E-state index < -0.39 is 16.1 Å². The molecule has 1 atom stereocenters. The number of aryl methyl sites for hydroxylation is 1. The summed E-state index contributed by atoms with van der Waals surface area (Å²) >= 11 is 0. The number of rotatable bonds is 9. The fourth-order valence-corrected chi connectivity index (χ4v) is 4.01. The molecule has 7 heteroatoms. The van der Waals surface area contributed by atoms with Gasteiger partial charge in [-0.05, 0) is 49.6 Å². The van der Waals surface area contributed by atoms with Crippen LogP contribution in [-0.4, -0.2) is 40.3 Å². The molecule has 0 aliphatic rings. The number of hydrogen-bond acceptors (Lipinski definition) is 4. The minimum Gasteiger partial charge on any atom is -0.497 e. The first-order valence-corrected chi connectivity index (χ1v) is 10.6. The van der Waals surface area contributed by atoms with Crippen molar-refractivity contribution in [1.29, 1.82) is 0 Å².